The number of hydrogen-bond acceptors (Lipinski definition) is 5. The van der Waals surface area contributed by atoms with Gasteiger partial charge in [-0.2, -0.15) is 0 Å². The number of esters is 2. The molecule has 1 aliphatic heterocycles. The second-order valence-corrected chi connectivity index (χ2v) is 6.93. The van der Waals surface area contributed by atoms with Gasteiger partial charge in [0.05, 0.1) is 13.7 Å². The van der Waals surface area contributed by atoms with Crippen molar-refractivity contribution in [2.24, 2.45) is 5.92 Å². The maximum absolute atomic E-state index is 11.5. The van der Waals surface area contributed by atoms with Crippen LogP contribution in [0.4, 0.5) is 0 Å². The molecule has 0 spiro atoms. The predicted molar refractivity (Wildman–Crippen MR) is 106 cm³/mol. The molecule has 1 N–H and O–H groups in total. The second-order valence-electron chi connectivity index (χ2n) is 6.93. The van der Waals surface area contributed by atoms with Gasteiger partial charge in [0.1, 0.15) is 12.0 Å². The molecule has 5 nitrogen and oxygen atoms in total. The van der Waals surface area contributed by atoms with E-state index >= 15 is 0 Å². The lowest BCUT2D eigenvalue weighted by atomic mass is 9.91. The quantitative estimate of drug-likeness (QED) is 0.589. The lowest BCUT2D eigenvalue weighted by molar-refractivity contribution is -0.188. The summed E-state index contributed by atoms with van der Waals surface area (Å²) in [5.41, 5.74) is 5.08. The monoisotopic (exact) mass is 380 g/mol. The van der Waals surface area contributed by atoms with Crippen molar-refractivity contribution in [2.45, 2.75) is 25.9 Å². The Morgan fingerprint density at radius 3 is 2.57 bits per heavy atom. The highest BCUT2D eigenvalue weighted by Gasteiger charge is 2.41. The summed E-state index contributed by atoms with van der Waals surface area (Å²) in [5.74, 6) is -1.07. The zero-order chi connectivity index (χ0) is 20.1. The van der Waals surface area contributed by atoms with Gasteiger partial charge in [-0.15, -0.1) is 0 Å². The lowest BCUT2D eigenvalue weighted by Crippen LogP contribution is -2.47. The molecule has 2 aromatic rings. The summed E-state index contributed by atoms with van der Waals surface area (Å²) in [5, 5.41) is 9.22. The number of carbonyl (C=O) groups is 2. The summed E-state index contributed by atoms with van der Waals surface area (Å²) in [6.45, 7) is 1.72. The van der Waals surface area contributed by atoms with E-state index in [1.54, 1.807) is 0 Å². The summed E-state index contributed by atoms with van der Waals surface area (Å²) in [6.07, 6.45) is 2.74. The van der Waals surface area contributed by atoms with Gasteiger partial charge in [0.25, 0.3) is 0 Å². The van der Waals surface area contributed by atoms with Gasteiger partial charge in [-0.25, -0.2) is 4.79 Å². The van der Waals surface area contributed by atoms with Crippen LogP contribution in [-0.2, 0) is 25.5 Å². The first-order chi connectivity index (χ1) is 13.5. The van der Waals surface area contributed by atoms with Crippen molar-refractivity contribution in [3.8, 4) is 11.1 Å². The average molecular weight is 380 g/mol. The first kappa shape index (κ1) is 19.8. The van der Waals surface area contributed by atoms with E-state index in [1.165, 1.54) is 13.2 Å². The number of benzene rings is 2. The molecule has 0 unspecified atom stereocenters. The Hall–Kier alpha value is -2.92. The minimum Gasteiger partial charge on any atom is -0.466 e. The van der Waals surface area contributed by atoms with Crippen LogP contribution in [0.25, 0.3) is 16.7 Å². The topological polar surface area (TPSA) is 72.8 Å². The van der Waals surface area contributed by atoms with Gasteiger partial charge >= 0.3 is 11.9 Å². The van der Waals surface area contributed by atoms with Crippen molar-refractivity contribution >= 4 is 17.5 Å². The zero-order valence-corrected chi connectivity index (χ0v) is 16.1. The summed E-state index contributed by atoms with van der Waals surface area (Å²) in [6, 6.07) is 16.2. The Morgan fingerprint density at radius 2 is 1.89 bits per heavy atom. The Balaban J connectivity index is 1.73. The predicted octanol–water partition coefficient (Wildman–Crippen LogP) is 3.40. The Kier molecular flexibility index (Phi) is 6.26. The van der Waals surface area contributed by atoms with E-state index in [0.717, 1.165) is 34.2 Å². The van der Waals surface area contributed by atoms with Gasteiger partial charge in [0, 0.05) is 6.08 Å². The second kappa shape index (κ2) is 8.85. The molecule has 2 atom stereocenters. The third-order valence-electron chi connectivity index (χ3n) is 5.05. The number of aliphatic hydroxyl groups is 1. The molecule has 1 fully saturated rings. The summed E-state index contributed by atoms with van der Waals surface area (Å²) in [7, 11) is 1.36. The van der Waals surface area contributed by atoms with Crippen LogP contribution < -0.4 is 0 Å². The normalized spacial score (nSPS) is 19.0. The summed E-state index contributed by atoms with van der Waals surface area (Å²) < 4.78 is 9.81. The average Bonchev–Trinajstić information content (AvgIpc) is 2.71. The molecule has 1 saturated heterocycles. The van der Waals surface area contributed by atoms with Crippen LogP contribution in [0.15, 0.2) is 54.6 Å². The van der Waals surface area contributed by atoms with Gasteiger partial charge < -0.3 is 14.6 Å². The fourth-order valence-electron chi connectivity index (χ4n) is 3.33. The molecule has 2 aromatic carbocycles. The van der Waals surface area contributed by atoms with Crippen molar-refractivity contribution < 1.29 is 24.2 Å². The van der Waals surface area contributed by atoms with Crippen molar-refractivity contribution in [3.05, 3.63) is 65.7 Å². The van der Waals surface area contributed by atoms with Crippen LogP contribution in [0.2, 0.25) is 0 Å². The Morgan fingerprint density at radius 1 is 1.18 bits per heavy atom. The zero-order valence-electron chi connectivity index (χ0n) is 16.1. The van der Waals surface area contributed by atoms with Crippen LogP contribution in [-0.4, -0.2) is 36.9 Å². The number of ether oxygens (including phenoxy) is 2. The molecule has 0 saturated carbocycles. The van der Waals surface area contributed by atoms with Crippen LogP contribution in [0.1, 0.15) is 24.5 Å². The van der Waals surface area contributed by atoms with Gasteiger partial charge in [-0.3, -0.25) is 4.79 Å². The number of cyclic esters (lactones) is 1. The molecule has 28 heavy (non-hydrogen) atoms. The van der Waals surface area contributed by atoms with E-state index in [4.69, 9.17) is 9.47 Å². The first-order valence-corrected chi connectivity index (χ1v) is 9.29. The molecule has 0 aromatic heterocycles. The molecule has 146 valence electrons. The Bertz CT molecular complexity index is 899. The van der Waals surface area contributed by atoms with Gasteiger partial charge in [0.2, 0.25) is 0 Å². The fraction of sp³-hybridized carbons (Fsp3) is 0.304. The lowest BCUT2D eigenvalue weighted by Gasteiger charge is -2.33. The highest BCUT2D eigenvalue weighted by molar-refractivity contribution is 5.91. The van der Waals surface area contributed by atoms with Crippen LogP contribution in [0.5, 0.6) is 0 Å². The minimum atomic E-state index is -0.385. The van der Waals surface area contributed by atoms with Crippen LogP contribution >= 0.6 is 0 Å². The maximum Gasteiger partial charge on any atom is 0.330 e. The van der Waals surface area contributed by atoms with Crippen LogP contribution in [0, 0.1) is 5.92 Å². The molecule has 1 heterocycles. The van der Waals surface area contributed by atoms with E-state index in [0.29, 0.717) is 6.42 Å². The fourth-order valence-corrected chi connectivity index (χ4v) is 3.33. The molecular weight excluding hydrogens is 356 g/mol. The molecule has 0 amide bonds. The van der Waals surface area contributed by atoms with E-state index in [-0.39, 0.29) is 30.6 Å². The van der Waals surface area contributed by atoms with Crippen molar-refractivity contribution in [2.75, 3.05) is 13.7 Å². The number of carbonyl (C=O) groups excluding carboxylic acids is 2. The van der Waals surface area contributed by atoms with Gasteiger partial charge in [0.15, 0.2) is 0 Å². The number of aliphatic hydroxyl groups excluding tert-OH is 1. The number of allylic oxidation sites excluding steroid dienone is 1. The Labute approximate surface area is 164 Å². The molecule has 5 heteroatoms. The minimum absolute atomic E-state index is 0.158. The van der Waals surface area contributed by atoms with E-state index < -0.39 is 0 Å². The molecule has 0 aliphatic carbocycles. The van der Waals surface area contributed by atoms with Gasteiger partial charge in [-0.05, 0) is 53.7 Å². The summed E-state index contributed by atoms with van der Waals surface area (Å²) in [4.78, 5) is 22.8. The SMILES string of the molecule is COC(=O)/C=C(\C)c1cccc(-c2cccc(CC[C@H]3OC(=O)[C@@H]3CO)c2)c1. The number of rotatable bonds is 7. The van der Waals surface area contributed by atoms with Gasteiger partial charge in [-0.1, -0.05) is 42.5 Å². The van der Waals surface area contributed by atoms with E-state index in [9.17, 15) is 14.7 Å². The highest BCUT2D eigenvalue weighted by atomic mass is 16.6. The molecule has 0 radical (unpaired) electrons. The van der Waals surface area contributed by atoms with Crippen molar-refractivity contribution in [3.63, 3.8) is 0 Å². The van der Waals surface area contributed by atoms with E-state index in [2.05, 4.69) is 6.07 Å². The van der Waals surface area contributed by atoms with Crippen LogP contribution in [0.3, 0.4) is 0 Å². The number of hydrogen-bond donors (Lipinski definition) is 1. The maximum atomic E-state index is 11.5. The largest absolute Gasteiger partial charge is 0.466 e. The molecule has 3 rings (SSSR count). The highest BCUT2D eigenvalue weighted by Crippen LogP contribution is 2.28. The van der Waals surface area contributed by atoms with E-state index in [1.807, 2.05) is 49.4 Å². The standard InChI is InChI=1S/C23H24O5/c1-15(11-22(25)27-2)17-6-4-8-19(13-17)18-7-3-5-16(12-18)9-10-21-20(14-24)23(26)28-21/h3-8,11-13,20-21,24H,9-10,14H2,1-2H3/b15-11+/t20-,21-/m1/s1. The number of methoxy groups -OCH3 is 1. The van der Waals surface area contributed by atoms with Crippen molar-refractivity contribution in [1.82, 2.24) is 0 Å². The number of aryl methyl sites for hydroxylation is 1. The summed E-state index contributed by atoms with van der Waals surface area (Å²) >= 11 is 0. The smallest absolute Gasteiger partial charge is 0.330 e. The first-order valence-electron chi connectivity index (χ1n) is 9.29. The molecular formula is C23H24O5. The third kappa shape index (κ3) is 4.49. The van der Waals surface area contributed by atoms with Crippen molar-refractivity contribution in [1.29, 1.82) is 0 Å². The third-order valence-corrected chi connectivity index (χ3v) is 5.05. The molecule has 0 bridgehead atoms. The molecule has 1 aliphatic rings.